The second-order valence-corrected chi connectivity index (χ2v) is 8.02. The third-order valence-electron chi connectivity index (χ3n) is 5.59. The van der Waals surface area contributed by atoms with E-state index < -0.39 is 0 Å². The Morgan fingerprint density at radius 3 is 2.52 bits per heavy atom. The van der Waals surface area contributed by atoms with Gasteiger partial charge in [-0.2, -0.15) is 0 Å². The molecule has 0 spiro atoms. The van der Waals surface area contributed by atoms with E-state index in [1.54, 1.807) is 0 Å². The molecule has 0 atom stereocenters. The SMILES string of the molecule is CCNC(=NCc1cccc(C(=O)NCCN(C)C)c1)NCC1(CC)CCC1.I. The third-order valence-corrected chi connectivity index (χ3v) is 5.59. The molecular formula is C22H38IN5O. The van der Waals surface area contributed by atoms with Gasteiger partial charge >= 0.3 is 0 Å². The Balaban J connectivity index is 0.00000420. The maximum atomic E-state index is 12.3. The number of nitrogens with one attached hydrogen (secondary N) is 3. The van der Waals surface area contributed by atoms with Crippen molar-refractivity contribution >= 4 is 35.8 Å². The molecule has 2 rings (SSSR count). The van der Waals surface area contributed by atoms with Crippen molar-refractivity contribution in [3.8, 4) is 0 Å². The number of guanidine groups is 1. The van der Waals surface area contributed by atoms with Crippen molar-refractivity contribution in [2.45, 2.75) is 46.1 Å². The summed E-state index contributed by atoms with van der Waals surface area (Å²) < 4.78 is 0. The highest BCUT2D eigenvalue weighted by Crippen LogP contribution is 2.42. The first-order valence-corrected chi connectivity index (χ1v) is 10.5. The molecule has 1 aromatic rings. The number of carbonyl (C=O) groups is 1. The molecule has 0 aromatic heterocycles. The molecule has 0 radical (unpaired) electrons. The lowest BCUT2D eigenvalue weighted by molar-refractivity contribution is 0.0951. The second kappa shape index (κ2) is 13.1. The van der Waals surface area contributed by atoms with Gasteiger partial charge in [0.1, 0.15) is 0 Å². The smallest absolute Gasteiger partial charge is 0.251 e. The average Bonchev–Trinajstić information content (AvgIpc) is 2.65. The summed E-state index contributed by atoms with van der Waals surface area (Å²) in [6.45, 7) is 8.18. The average molecular weight is 515 g/mol. The highest BCUT2D eigenvalue weighted by molar-refractivity contribution is 14.0. The lowest BCUT2D eigenvalue weighted by Gasteiger charge is -2.41. The van der Waals surface area contributed by atoms with E-state index in [0.717, 1.165) is 31.2 Å². The normalized spacial score (nSPS) is 15.3. The Morgan fingerprint density at radius 2 is 1.93 bits per heavy atom. The largest absolute Gasteiger partial charge is 0.357 e. The summed E-state index contributed by atoms with van der Waals surface area (Å²) >= 11 is 0. The van der Waals surface area contributed by atoms with Gasteiger partial charge in [0, 0.05) is 31.7 Å². The number of benzene rings is 1. The Labute approximate surface area is 193 Å². The van der Waals surface area contributed by atoms with Crippen molar-refractivity contribution in [3.63, 3.8) is 0 Å². The molecule has 1 aromatic carbocycles. The van der Waals surface area contributed by atoms with Crippen LogP contribution in [0.1, 0.15) is 55.5 Å². The lowest BCUT2D eigenvalue weighted by atomic mass is 9.67. The molecular weight excluding hydrogens is 477 g/mol. The van der Waals surface area contributed by atoms with Crippen molar-refractivity contribution in [2.75, 3.05) is 40.3 Å². The minimum Gasteiger partial charge on any atom is -0.357 e. The Bertz CT molecular complexity index is 653. The predicted octanol–water partition coefficient (Wildman–Crippen LogP) is 3.23. The van der Waals surface area contributed by atoms with Crippen LogP contribution in [0.25, 0.3) is 0 Å². The predicted molar refractivity (Wildman–Crippen MR) is 132 cm³/mol. The van der Waals surface area contributed by atoms with Crippen LogP contribution in [0.5, 0.6) is 0 Å². The van der Waals surface area contributed by atoms with E-state index >= 15 is 0 Å². The van der Waals surface area contributed by atoms with E-state index in [9.17, 15) is 4.79 Å². The fourth-order valence-electron chi connectivity index (χ4n) is 3.42. The highest BCUT2D eigenvalue weighted by Gasteiger charge is 2.34. The van der Waals surface area contributed by atoms with Crippen LogP contribution in [0.3, 0.4) is 0 Å². The molecule has 0 aliphatic heterocycles. The van der Waals surface area contributed by atoms with Crippen LogP contribution in [-0.4, -0.2) is 57.0 Å². The number of aliphatic imine (C=N–C) groups is 1. The van der Waals surface area contributed by atoms with Gasteiger partial charge in [0.25, 0.3) is 5.91 Å². The standard InChI is InChI=1S/C22H37N5O.HI/c1-5-22(11-8-12-22)17-26-21(23-6-2)25-16-18-9-7-10-19(15-18)20(28)24-13-14-27(3)4;/h7,9-10,15H,5-6,8,11-14,16-17H2,1-4H3,(H,24,28)(H2,23,25,26);1H. The Morgan fingerprint density at radius 1 is 1.17 bits per heavy atom. The molecule has 0 unspecified atom stereocenters. The van der Waals surface area contributed by atoms with Crippen molar-refractivity contribution in [1.82, 2.24) is 20.9 Å². The van der Waals surface area contributed by atoms with Gasteiger partial charge in [-0.1, -0.05) is 25.5 Å². The monoisotopic (exact) mass is 515 g/mol. The second-order valence-electron chi connectivity index (χ2n) is 8.02. The molecule has 0 heterocycles. The fraction of sp³-hybridized carbons (Fsp3) is 0.636. The number of amides is 1. The van der Waals surface area contributed by atoms with Crippen LogP contribution in [0, 0.1) is 5.41 Å². The molecule has 7 heteroatoms. The summed E-state index contributed by atoms with van der Waals surface area (Å²) in [5, 5.41) is 9.80. The fourth-order valence-corrected chi connectivity index (χ4v) is 3.42. The maximum Gasteiger partial charge on any atom is 0.251 e. The van der Waals surface area contributed by atoms with Crippen LogP contribution in [0.4, 0.5) is 0 Å². The molecule has 1 fully saturated rings. The summed E-state index contributed by atoms with van der Waals surface area (Å²) in [6, 6.07) is 7.72. The van der Waals surface area contributed by atoms with Gasteiger partial charge in [-0.25, -0.2) is 4.99 Å². The first kappa shape index (κ1) is 25.7. The van der Waals surface area contributed by atoms with Crippen molar-refractivity contribution in [2.24, 2.45) is 10.4 Å². The summed E-state index contributed by atoms with van der Waals surface area (Å²) in [7, 11) is 3.99. The summed E-state index contributed by atoms with van der Waals surface area (Å²) in [5.74, 6) is 0.815. The Hall–Kier alpha value is -1.35. The van der Waals surface area contributed by atoms with E-state index in [1.165, 1.54) is 25.7 Å². The molecule has 164 valence electrons. The zero-order valence-electron chi connectivity index (χ0n) is 18.4. The number of rotatable bonds is 10. The van der Waals surface area contributed by atoms with Crippen LogP contribution in [-0.2, 0) is 6.54 Å². The maximum absolute atomic E-state index is 12.3. The van der Waals surface area contributed by atoms with Crippen LogP contribution in [0.15, 0.2) is 29.3 Å². The minimum atomic E-state index is -0.0346. The Kier molecular flexibility index (Phi) is 11.6. The zero-order chi connectivity index (χ0) is 20.4. The number of likely N-dealkylation sites (N-methyl/N-ethyl adjacent to an activating group) is 1. The van der Waals surface area contributed by atoms with Gasteiger partial charge in [0.15, 0.2) is 5.96 Å². The van der Waals surface area contributed by atoms with Gasteiger partial charge in [-0.3, -0.25) is 4.79 Å². The van der Waals surface area contributed by atoms with Gasteiger partial charge in [0.05, 0.1) is 6.54 Å². The van der Waals surface area contributed by atoms with E-state index in [-0.39, 0.29) is 29.9 Å². The molecule has 0 bridgehead atoms. The molecule has 0 saturated heterocycles. The number of hydrogen-bond acceptors (Lipinski definition) is 3. The first-order valence-electron chi connectivity index (χ1n) is 10.5. The van der Waals surface area contributed by atoms with E-state index in [1.807, 2.05) is 43.3 Å². The molecule has 1 amide bonds. The minimum absolute atomic E-state index is 0. The third kappa shape index (κ3) is 8.50. The number of nitrogens with zero attached hydrogens (tertiary/aromatic N) is 2. The summed E-state index contributed by atoms with van der Waals surface area (Å²) in [4.78, 5) is 19.1. The van der Waals surface area contributed by atoms with Gasteiger partial charge in [-0.05, 0) is 63.4 Å². The van der Waals surface area contributed by atoms with Gasteiger partial charge in [-0.15, -0.1) is 24.0 Å². The molecule has 1 saturated carbocycles. The molecule has 29 heavy (non-hydrogen) atoms. The van der Waals surface area contributed by atoms with E-state index in [4.69, 9.17) is 4.99 Å². The lowest BCUT2D eigenvalue weighted by Crippen LogP contribution is -2.46. The van der Waals surface area contributed by atoms with Gasteiger partial charge in [0.2, 0.25) is 0 Å². The molecule has 1 aliphatic rings. The number of carbonyl (C=O) groups excluding carboxylic acids is 1. The van der Waals surface area contributed by atoms with Gasteiger partial charge < -0.3 is 20.9 Å². The van der Waals surface area contributed by atoms with Crippen molar-refractivity contribution in [3.05, 3.63) is 35.4 Å². The van der Waals surface area contributed by atoms with E-state index in [2.05, 4.69) is 29.8 Å². The molecule has 6 nitrogen and oxygen atoms in total. The number of hydrogen-bond donors (Lipinski definition) is 3. The highest BCUT2D eigenvalue weighted by atomic mass is 127. The molecule has 3 N–H and O–H groups in total. The van der Waals surface area contributed by atoms with E-state index in [0.29, 0.717) is 24.1 Å². The number of halogens is 1. The summed E-state index contributed by atoms with van der Waals surface area (Å²) in [5.41, 5.74) is 2.16. The van der Waals surface area contributed by atoms with Crippen molar-refractivity contribution in [1.29, 1.82) is 0 Å². The van der Waals surface area contributed by atoms with Crippen molar-refractivity contribution < 1.29 is 4.79 Å². The first-order chi connectivity index (χ1) is 13.5. The molecule has 1 aliphatic carbocycles. The zero-order valence-corrected chi connectivity index (χ0v) is 20.7. The quantitative estimate of drug-likeness (QED) is 0.254. The summed E-state index contributed by atoms with van der Waals surface area (Å²) in [6.07, 6.45) is 5.17. The van der Waals surface area contributed by atoms with Crippen LogP contribution in [0.2, 0.25) is 0 Å². The van der Waals surface area contributed by atoms with Crippen LogP contribution >= 0.6 is 24.0 Å². The topological polar surface area (TPSA) is 68.8 Å². The van der Waals surface area contributed by atoms with Crippen LogP contribution < -0.4 is 16.0 Å².